The van der Waals surface area contributed by atoms with Crippen molar-refractivity contribution < 1.29 is 22.2 Å². The van der Waals surface area contributed by atoms with Gasteiger partial charge in [-0.15, -0.1) is 0 Å². The summed E-state index contributed by atoms with van der Waals surface area (Å²) in [5.74, 6) is 0.502. The molecule has 3 unspecified atom stereocenters. The molecule has 2 saturated carbocycles. The number of nitrogens with one attached hydrogen (secondary N) is 1. The third-order valence-electron chi connectivity index (χ3n) is 7.13. The predicted molar refractivity (Wildman–Crippen MR) is 107 cm³/mol. The number of rotatable bonds is 7. The van der Waals surface area contributed by atoms with Crippen LogP contribution in [-0.2, 0) is 24.7 Å². The van der Waals surface area contributed by atoms with Crippen LogP contribution in [0.1, 0.15) is 51.2 Å². The Morgan fingerprint density at radius 3 is 2.55 bits per heavy atom. The first-order valence-electron chi connectivity index (χ1n) is 9.69. The van der Waals surface area contributed by atoms with E-state index in [4.69, 9.17) is 9.02 Å². The summed E-state index contributed by atoms with van der Waals surface area (Å²) in [7, 11) is -2.54. The maximum Gasteiger partial charge on any atom is 0.284 e. The third kappa shape index (κ3) is 3.45. The van der Waals surface area contributed by atoms with Gasteiger partial charge >= 0.3 is 0 Å². The van der Waals surface area contributed by atoms with Crippen molar-refractivity contribution in [3.8, 4) is 11.8 Å². The summed E-state index contributed by atoms with van der Waals surface area (Å²) in [4.78, 5) is 12.6. The van der Waals surface area contributed by atoms with Crippen LogP contribution in [0.2, 0.25) is 0 Å². The van der Waals surface area contributed by atoms with Gasteiger partial charge in [0.15, 0.2) is 5.54 Å². The summed E-state index contributed by atoms with van der Waals surface area (Å²) in [6.07, 6.45) is 1.83. The van der Waals surface area contributed by atoms with Crippen LogP contribution in [0.4, 0.5) is 0 Å². The number of aryl methyl sites for hydroxylation is 1. The molecule has 1 N–H and O–H groups in total. The highest BCUT2D eigenvalue weighted by Crippen LogP contribution is 2.64. The zero-order valence-corrected chi connectivity index (χ0v) is 18.4. The molecule has 3 atom stereocenters. The van der Waals surface area contributed by atoms with Crippen LogP contribution < -0.4 is 10.2 Å². The average Bonchev–Trinajstić information content (AvgIpc) is 3.00. The van der Waals surface area contributed by atoms with Gasteiger partial charge in [-0.2, -0.15) is 23.4 Å². The quantitative estimate of drug-likeness (QED) is 0.676. The number of fused-ring (bicyclic) bond motifs is 2. The molecular formula is C21H28N2O5S. The number of hydrogen-bond acceptors (Lipinski definition) is 7. The molecule has 0 amide bonds. The van der Waals surface area contributed by atoms with E-state index in [0.29, 0.717) is 24.2 Å². The molecule has 2 bridgehead atoms. The summed E-state index contributed by atoms with van der Waals surface area (Å²) in [5.41, 5.74) is 1.10. The number of benzene rings is 1. The van der Waals surface area contributed by atoms with Crippen molar-refractivity contribution in [2.45, 2.75) is 52.5 Å². The van der Waals surface area contributed by atoms with Crippen molar-refractivity contribution in [3.05, 3.63) is 29.3 Å². The minimum absolute atomic E-state index is 0.000232. The van der Waals surface area contributed by atoms with E-state index in [1.807, 2.05) is 20.8 Å². The number of Topliss-reactive ketones (excluding diaryl/α,β-unsaturated/α-hetero) is 1. The van der Waals surface area contributed by atoms with E-state index in [-0.39, 0.29) is 22.9 Å². The van der Waals surface area contributed by atoms with E-state index >= 15 is 0 Å². The molecule has 0 aliphatic heterocycles. The van der Waals surface area contributed by atoms with Crippen LogP contribution in [0.15, 0.2) is 18.2 Å². The van der Waals surface area contributed by atoms with Gasteiger partial charge in [0.25, 0.3) is 10.1 Å². The SMILES string of the molecule is COc1ccc(C(C)(C#N)NOS(=O)(=O)CC23CCC(CC2=O)C3(C)C)cc1C. The van der Waals surface area contributed by atoms with Gasteiger partial charge in [-0.3, -0.25) is 4.79 Å². The summed E-state index contributed by atoms with van der Waals surface area (Å²) < 4.78 is 35.9. The third-order valence-corrected chi connectivity index (χ3v) is 8.31. The summed E-state index contributed by atoms with van der Waals surface area (Å²) >= 11 is 0. The Morgan fingerprint density at radius 1 is 1.38 bits per heavy atom. The second-order valence-electron chi connectivity index (χ2n) is 8.98. The number of ketones is 1. The molecule has 1 aromatic rings. The van der Waals surface area contributed by atoms with Crippen molar-refractivity contribution in [1.82, 2.24) is 5.48 Å². The van der Waals surface area contributed by atoms with Gasteiger partial charge in [0.1, 0.15) is 11.5 Å². The van der Waals surface area contributed by atoms with E-state index in [2.05, 4.69) is 11.5 Å². The van der Waals surface area contributed by atoms with E-state index in [9.17, 15) is 18.5 Å². The second kappa shape index (κ2) is 7.08. The fraction of sp³-hybridized carbons (Fsp3) is 0.619. The maximum absolute atomic E-state index is 12.8. The molecule has 1 aromatic carbocycles. The van der Waals surface area contributed by atoms with E-state index in [1.165, 1.54) is 6.92 Å². The lowest BCUT2D eigenvalue weighted by Gasteiger charge is -2.36. The van der Waals surface area contributed by atoms with Crippen molar-refractivity contribution in [2.75, 3.05) is 12.9 Å². The number of methoxy groups -OCH3 is 1. The van der Waals surface area contributed by atoms with Crippen LogP contribution >= 0.6 is 0 Å². The van der Waals surface area contributed by atoms with Crippen LogP contribution in [-0.4, -0.2) is 27.1 Å². The van der Waals surface area contributed by atoms with Crippen molar-refractivity contribution >= 4 is 15.9 Å². The normalized spacial score (nSPS) is 27.4. The number of hydroxylamine groups is 1. The fourth-order valence-electron chi connectivity index (χ4n) is 4.92. The minimum Gasteiger partial charge on any atom is -0.496 e. The highest BCUT2D eigenvalue weighted by atomic mass is 32.2. The van der Waals surface area contributed by atoms with Gasteiger partial charge in [0.05, 0.1) is 24.3 Å². The van der Waals surface area contributed by atoms with E-state index in [0.717, 1.165) is 12.0 Å². The molecule has 0 aromatic heterocycles. The van der Waals surface area contributed by atoms with Crippen LogP contribution in [0.3, 0.4) is 0 Å². The van der Waals surface area contributed by atoms with Crippen LogP contribution in [0, 0.1) is 35.0 Å². The molecule has 8 heteroatoms. The minimum atomic E-state index is -4.09. The first-order valence-corrected chi connectivity index (χ1v) is 11.3. The number of nitriles is 1. The zero-order chi connectivity index (χ0) is 21.7. The Labute approximate surface area is 172 Å². The molecule has 0 saturated heterocycles. The first-order chi connectivity index (χ1) is 13.4. The largest absolute Gasteiger partial charge is 0.496 e. The highest BCUT2D eigenvalue weighted by molar-refractivity contribution is 7.86. The molecular weight excluding hydrogens is 392 g/mol. The van der Waals surface area contributed by atoms with Gasteiger partial charge in [-0.1, -0.05) is 19.9 Å². The van der Waals surface area contributed by atoms with Gasteiger partial charge < -0.3 is 4.74 Å². The molecule has 3 rings (SSSR count). The number of nitrogens with zero attached hydrogens (tertiary/aromatic N) is 1. The Morgan fingerprint density at radius 2 is 2.07 bits per heavy atom. The zero-order valence-electron chi connectivity index (χ0n) is 17.5. The maximum atomic E-state index is 12.8. The first kappa shape index (κ1) is 21.8. The average molecular weight is 421 g/mol. The Hall–Kier alpha value is -1.95. The topological polar surface area (TPSA) is 105 Å². The Balaban J connectivity index is 1.79. The number of carbonyl (C=O) groups is 1. The molecule has 2 fully saturated rings. The molecule has 0 radical (unpaired) electrons. The lowest BCUT2D eigenvalue weighted by Crippen LogP contribution is -2.46. The van der Waals surface area contributed by atoms with Crippen molar-refractivity contribution in [2.24, 2.45) is 16.7 Å². The number of ether oxygens (including phenoxy) is 1. The van der Waals surface area contributed by atoms with E-state index < -0.39 is 21.1 Å². The second-order valence-corrected chi connectivity index (χ2v) is 10.5. The Bertz CT molecular complexity index is 981. The van der Waals surface area contributed by atoms with Crippen molar-refractivity contribution in [3.63, 3.8) is 0 Å². The summed E-state index contributed by atoms with van der Waals surface area (Å²) in [6.45, 7) is 7.32. The monoisotopic (exact) mass is 420 g/mol. The lowest BCUT2D eigenvalue weighted by atomic mass is 9.70. The van der Waals surface area contributed by atoms with Gasteiger partial charge in [-0.25, -0.2) is 0 Å². The van der Waals surface area contributed by atoms with Gasteiger partial charge in [0, 0.05) is 6.42 Å². The standard InChI is InChI=1S/C21H28N2O5S/c1-14-10-16(6-7-17(14)27-5)20(4,12-22)23-28-29(25,26)13-21-9-8-15(11-18(21)24)19(21,2)3/h6-7,10,15,23H,8-9,11,13H2,1-5H3. The molecule has 0 heterocycles. The number of carbonyl (C=O) groups excluding carboxylic acids is 1. The van der Waals surface area contributed by atoms with Gasteiger partial charge in [-0.05, 0) is 61.3 Å². The molecule has 2 aliphatic carbocycles. The molecule has 158 valence electrons. The van der Waals surface area contributed by atoms with Gasteiger partial charge in [0.2, 0.25) is 0 Å². The highest BCUT2D eigenvalue weighted by Gasteiger charge is 2.65. The number of hydrogen-bond donors (Lipinski definition) is 1. The fourth-order valence-corrected chi connectivity index (χ4v) is 6.56. The summed E-state index contributed by atoms with van der Waals surface area (Å²) in [6, 6.07) is 7.22. The molecule has 0 spiro atoms. The molecule has 2 aliphatic rings. The predicted octanol–water partition coefficient (Wildman–Crippen LogP) is 2.99. The lowest BCUT2D eigenvalue weighted by molar-refractivity contribution is -0.128. The van der Waals surface area contributed by atoms with E-state index in [1.54, 1.807) is 25.3 Å². The van der Waals surface area contributed by atoms with Crippen LogP contribution in [0.5, 0.6) is 5.75 Å². The van der Waals surface area contributed by atoms with Crippen LogP contribution in [0.25, 0.3) is 0 Å². The smallest absolute Gasteiger partial charge is 0.284 e. The summed E-state index contributed by atoms with van der Waals surface area (Å²) in [5, 5.41) is 9.69. The molecule has 7 nitrogen and oxygen atoms in total. The molecule has 29 heavy (non-hydrogen) atoms. The van der Waals surface area contributed by atoms with Crippen molar-refractivity contribution in [1.29, 1.82) is 5.26 Å². The Kier molecular flexibility index (Phi) is 5.31.